The lowest BCUT2D eigenvalue weighted by atomic mass is 9.77. The van der Waals surface area contributed by atoms with Crippen molar-refractivity contribution in [2.75, 3.05) is 6.61 Å². The van der Waals surface area contributed by atoms with Gasteiger partial charge >= 0.3 is 0 Å². The normalized spacial score (nSPS) is 28.3. The molecule has 0 unspecified atom stereocenters. The van der Waals surface area contributed by atoms with E-state index < -0.39 is 0 Å². The van der Waals surface area contributed by atoms with Crippen molar-refractivity contribution in [3.05, 3.63) is 34.3 Å². The van der Waals surface area contributed by atoms with Crippen molar-refractivity contribution in [1.29, 1.82) is 0 Å². The van der Waals surface area contributed by atoms with Gasteiger partial charge in [-0.25, -0.2) is 0 Å². The van der Waals surface area contributed by atoms with Crippen LogP contribution in [-0.4, -0.2) is 17.3 Å². The minimum absolute atomic E-state index is 0.0560. The summed E-state index contributed by atoms with van der Waals surface area (Å²) in [5, 5.41) is 13.3. The maximum atomic E-state index is 9.68. The largest absolute Gasteiger partial charge is 0.394 e. The van der Waals surface area contributed by atoms with Crippen molar-refractivity contribution in [2.24, 2.45) is 5.92 Å². The highest BCUT2D eigenvalue weighted by molar-refractivity contribution is 9.10. The van der Waals surface area contributed by atoms with E-state index in [2.05, 4.69) is 52.4 Å². The van der Waals surface area contributed by atoms with Gasteiger partial charge in [0.15, 0.2) is 0 Å². The molecule has 3 heteroatoms. The van der Waals surface area contributed by atoms with Crippen LogP contribution >= 0.6 is 15.9 Å². The van der Waals surface area contributed by atoms with Crippen LogP contribution in [0.15, 0.2) is 28.7 Å². The molecule has 0 atom stereocenters. The van der Waals surface area contributed by atoms with E-state index in [1.54, 1.807) is 0 Å². The van der Waals surface area contributed by atoms with Gasteiger partial charge in [-0.2, -0.15) is 0 Å². The molecule has 0 bridgehead atoms. The number of aliphatic hydroxyl groups excluding tert-OH is 1. The number of hydrogen-bond acceptors (Lipinski definition) is 2. The van der Waals surface area contributed by atoms with Crippen molar-refractivity contribution in [2.45, 2.75) is 44.7 Å². The van der Waals surface area contributed by atoms with Crippen molar-refractivity contribution < 1.29 is 5.11 Å². The second kappa shape index (κ2) is 6.18. The third-order valence-corrected chi connectivity index (χ3v) is 4.64. The fourth-order valence-electron chi connectivity index (χ4n) is 2.60. The van der Waals surface area contributed by atoms with E-state index >= 15 is 0 Å². The Labute approximate surface area is 118 Å². The Morgan fingerprint density at radius 1 is 1.28 bits per heavy atom. The van der Waals surface area contributed by atoms with E-state index in [0.29, 0.717) is 0 Å². The number of aliphatic hydroxyl groups is 1. The van der Waals surface area contributed by atoms with Gasteiger partial charge in [0.25, 0.3) is 0 Å². The van der Waals surface area contributed by atoms with Crippen LogP contribution < -0.4 is 5.32 Å². The predicted octanol–water partition coefficient (Wildman–Crippen LogP) is 3.48. The maximum absolute atomic E-state index is 9.68. The average molecular weight is 312 g/mol. The van der Waals surface area contributed by atoms with Gasteiger partial charge in [-0.15, -0.1) is 0 Å². The second-order valence-corrected chi connectivity index (χ2v) is 6.52. The molecule has 1 aromatic rings. The molecule has 100 valence electrons. The quantitative estimate of drug-likeness (QED) is 0.892. The Hall–Kier alpha value is -0.380. The number of benzene rings is 1. The average Bonchev–Trinajstić information content (AvgIpc) is 2.41. The van der Waals surface area contributed by atoms with Gasteiger partial charge < -0.3 is 10.4 Å². The molecule has 2 rings (SSSR count). The molecule has 0 saturated heterocycles. The zero-order chi connectivity index (χ0) is 13.0. The third kappa shape index (κ3) is 3.56. The Bertz CT molecular complexity index is 369. The highest BCUT2D eigenvalue weighted by Crippen LogP contribution is 2.31. The van der Waals surface area contributed by atoms with E-state index in [1.807, 2.05) is 0 Å². The minimum Gasteiger partial charge on any atom is -0.394 e. The first-order valence-electron chi connectivity index (χ1n) is 6.74. The van der Waals surface area contributed by atoms with Crippen LogP contribution in [0.25, 0.3) is 0 Å². The molecule has 1 aromatic carbocycles. The van der Waals surface area contributed by atoms with Crippen LogP contribution in [-0.2, 0) is 6.54 Å². The molecule has 0 aliphatic heterocycles. The number of rotatable bonds is 4. The summed E-state index contributed by atoms with van der Waals surface area (Å²) >= 11 is 3.44. The summed E-state index contributed by atoms with van der Waals surface area (Å²) in [6.07, 6.45) is 4.60. The second-order valence-electron chi connectivity index (χ2n) is 5.60. The van der Waals surface area contributed by atoms with Gasteiger partial charge in [-0.1, -0.05) is 35.0 Å². The molecule has 2 nitrogen and oxygen atoms in total. The Kier molecular flexibility index (Phi) is 4.82. The van der Waals surface area contributed by atoms with Crippen LogP contribution in [0.4, 0.5) is 0 Å². The Morgan fingerprint density at radius 3 is 2.44 bits per heavy atom. The van der Waals surface area contributed by atoms with Gasteiger partial charge in [-0.3, -0.25) is 0 Å². The summed E-state index contributed by atoms with van der Waals surface area (Å²) in [5.41, 5.74) is 1.21. The van der Waals surface area contributed by atoms with Crippen molar-refractivity contribution in [3.63, 3.8) is 0 Å². The lowest BCUT2D eigenvalue weighted by Crippen LogP contribution is -2.50. The summed E-state index contributed by atoms with van der Waals surface area (Å²) in [6.45, 7) is 3.38. The highest BCUT2D eigenvalue weighted by atomic mass is 79.9. The molecule has 1 aliphatic rings. The zero-order valence-electron chi connectivity index (χ0n) is 11.0. The summed E-state index contributed by atoms with van der Waals surface area (Å²) < 4.78 is 1.11. The summed E-state index contributed by atoms with van der Waals surface area (Å²) in [5.74, 6) is 0.805. The molecule has 0 heterocycles. The van der Waals surface area contributed by atoms with Crippen LogP contribution in [0.5, 0.6) is 0 Å². The molecule has 2 N–H and O–H groups in total. The monoisotopic (exact) mass is 311 g/mol. The molecule has 0 amide bonds. The van der Waals surface area contributed by atoms with E-state index in [1.165, 1.54) is 18.4 Å². The van der Waals surface area contributed by atoms with Gasteiger partial charge in [-0.05, 0) is 49.3 Å². The third-order valence-electron chi connectivity index (χ3n) is 4.11. The maximum Gasteiger partial charge on any atom is 0.0613 e. The van der Waals surface area contributed by atoms with E-state index in [0.717, 1.165) is 29.8 Å². The SMILES string of the molecule is CC1CCC(CO)(NCc2ccc(Br)cc2)CC1. The van der Waals surface area contributed by atoms with E-state index in [4.69, 9.17) is 0 Å². The van der Waals surface area contributed by atoms with Crippen LogP contribution in [0.2, 0.25) is 0 Å². The van der Waals surface area contributed by atoms with Crippen LogP contribution in [0.3, 0.4) is 0 Å². The van der Waals surface area contributed by atoms with E-state index in [-0.39, 0.29) is 12.1 Å². The Balaban J connectivity index is 1.92. The van der Waals surface area contributed by atoms with Crippen LogP contribution in [0, 0.1) is 5.92 Å². The first-order valence-corrected chi connectivity index (χ1v) is 7.53. The summed E-state index contributed by atoms with van der Waals surface area (Å²) in [7, 11) is 0. The predicted molar refractivity (Wildman–Crippen MR) is 78.4 cm³/mol. The molecule has 18 heavy (non-hydrogen) atoms. The van der Waals surface area contributed by atoms with Crippen molar-refractivity contribution in [3.8, 4) is 0 Å². The summed E-state index contributed by atoms with van der Waals surface area (Å²) in [4.78, 5) is 0. The highest BCUT2D eigenvalue weighted by Gasteiger charge is 2.32. The molecular formula is C15H22BrNO. The number of hydrogen-bond donors (Lipinski definition) is 2. The standard InChI is InChI=1S/C15H22BrNO/c1-12-6-8-15(11-18,9-7-12)17-10-13-2-4-14(16)5-3-13/h2-5,12,17-18H,6-11H2,1H3. The molecule has 0 radical (unpaired) electrons. The first kappa shape index (κ1) is 14.0. The van der Waals surface area contributed by atoms with Gasteiger partial charge in [0.05, 0.1) is 6.61 Å². The molecule has 1 saturated carbocycles. The first-order chi connectivity index (χ1) is 8.63. The smallest absolute Gasteiger partial charge is 0.0613 e. The van der Waals surface area contributed by atoms with Crippen molar-refractivity contribution in [1.82, 2.24) is 5.32 Å². The lowest BCUT2D eigenvalue weighted by molar-refractivity contribution is 0.104. The van der Waals surface area contributed by atoms with E-state index in [9.17, 15) is 5.11 Å². The topological polar surface area (TPSA) is 32.3 Å². The molecular weight excluding hydrogens is 290 g/mol. The fourth-order valence-corrected chi connectivity index (χ4v) is 2.86. The minimum atomic E-state index is -0.0560. The number of halogens is 1. The Morgan fingerprint density at radius 2 is 1.89 bits per heavy atom. The molecule has 1 aliphatic carbocycles. The number of nitrogens with one attached hydrogen (secondary N) is 1. The molecule has 0 spiro atoms. The van der Waals surface area contributed by atoms with Gasteiger partial charge in [0.1, 0.15) is 0 Å². The van der Waals surface area contributed by atoms with Crippen LogP contribution in [0.1, 0.15) is 38.2 Å². The molecule has 1 fully saturated rings. The lowest BCUT2D eigenvalue weighted by Gasteiger charge is -2.39. The van der Waals surface area contributed by atoms with Crippen molar-refractivity contribution >= 4 is 15.9 Å². The van der Waals surface area contributed by atoms with Gasteiger partial charge in [0.2, 0.25) is 0 Å². The van der Waals surface area contributed by atoms with Gasteiger partial charge in [0, 0.05) is 16.6 Å². The zero-order valence-corrected chi connectivity index (χ0v) is 12.5. The fraction of sp³-hybridized carbons (Fsp3) is 0.600. The summed E-state index contributed by atoms with van der Waals surface area (Å²) in [6, 6.07) is 8.36. The molecule has 0 aromatic heterocycles.